The molecule has 0 unspecified atom stereocenters. The largest absolute Gasteiger partial charge is 0.465 e. The predicted octanol–water partition coefficient (Wildman–Crippen LogP) is 0.252. The van der Waals surface area contributed by atoms with E-state index in [2.05, 4.69) is 17.6 Å². The number of nitrogens with one attached hydrogen (secondary N) is 2. The van der Waals surface area contributed by atoms with Gasteiger partial charge in [0.05, 0.1) is 0 Å². The Bertz CT molecular complexity index is 149. The van der Waals surface area contributed by atoms with Gasteiger partial charge in [-0.2, -0.15) is 0 Å². The lowest BCUT2D eigenvalue weighted by molar-refractivity contribution is 0.184. The Hall–Kier alpha value is -0.770. The zero-order chi connectivity index (χ0) is 8.27. The summed E-state index contributed by atoms with van der Waals surface area (Å²) in [4.78, 5) is 10.2. The van der Waals surface area contributed by atoms with Crippen LogP contribution in [0.2, 0.25) is 0 Å². The molecule has 3 N–H and O–H groups in total. The van der Waals surface area contributed by atoms with Crippen LogP contribution in [-0.2, 0) is 0 Å². The molecule has 11 heavy (non-hydrogen) atoms. The molecule has 0 bridgehead atoms. The maximum atomic E-state index is 10.2. The molecule has 0 aliphatic carbocycles. The molecule has 4 heteroatoms. The average molecular weight is 158 g/mol. The van der Waals surface area contributed by atoms with Crippen LogP contribution in [0, 0.1) is 5.92 Å². The van der Waals surface area contributed by atoms with E-state index in [1.54, 1.807) is 0 Å². The van der Waals surface area contributed by atoms with Crippen molar-refractivity contribution >= 4 is 6.09 Å². The van der Waals surface area contributed by atoms with E-state index in [4.69, 9.17) is 5.11 Å². The SMILES string of the molecule is C[C@H]1CNC[C@@H](NC(=O)O)C1. The zero-order valence-electron chi connectivity index (χ0n) is 6.63. The number of hydrogen-bond acceptors (Lipinski definition) is 2. The molecule has 1 aliphatic rings. The van der Waals surface area contributed by atoms with E-state index in [0.717, 1.165) is 19.5 Å². The molecular weight excluding hydrogens is 144 g/mol. The summed E-state index contributed by atoms with van der Waals surface area (Å²) in [6.07, 6.45) is 0.0187. The van der Waals surface area contributed by atoms with Crippen molar-refractivity contribution in [2.24, 2.45) is 5.92 Å². The van der Waals surface area contributed by atoms with E-state index in [9.17, 15) is 4.79 Å². The summed E-state index contributed by atoms with van der Waals surface area (Å²) < 4.78 is 0. The molecule has 1 rings (SSSR count). The molecule has 0 aromatic rings. The first-order valence-electron chi connectivity index (χ1n) is 3.88. The Balaban J connectivity index is 2.28. The molecule has 4 nitrogen and oxygen atoms in total. The highest BCUT2D eigenvalue weighted by Crippen LogP contribution is 2.08. The molecule has 1 saturated heterocycles. The van der Waals surface area contributed by atoms with Crippen molar-refractivity contribution in [3.8, 4) is 0 Å². The third-order valence-electron chi connectivity index (χ3n) is 1.90. The van der Waals surface area contributed by atoms with E-state index in [-0.39, 0.29) is 6.04 Å². The summed E-state index contributed by atoms with van der Waals surface area (Å²) in [7, 11) is 0. The van der Waals surface area contributed by atoms with E-state index in [1.165, 1.54) is 0 Å². The van der Waals surface area contributed by atoms with Gasteiger partial charge in [-0.15, -0.1) is 0 Å². The summed E-state index contributed by atoms with van der Waals surface area (Å²) >= 11 is 0. The summed E-state index contributed by atoms with van der Waals surface area (Å²) in [5, 5.41) is 14.0. The number of carboxylic acid groups (broad SMARTS) is 1. The van der Waals surface area contributed by atoms with Crippen molar-refractivity contribution in [1.29, 1.82) is 0 Å². The summed E-state index contributed by atoms with van der Waals surface area (Å²) in [6.45, 7) is 3.87. The molecule has 0 saturated carbocycles. The Morgan fingerprint density at radius 1 is 1.64 bits per heavy atom. The monoisotopic (exact) mass is 158 g/mol. The highest BCUT2D eigenvalue weighted by Gasteiger charge is 2.19. The van der Waals surface area contributed by atoms with Crippen LogP contribution in [0.15, 0.2) is 0 Å². The summed E-state index contributed by atoms with van der Waals surface area (Å²) in [5.74, 6) is 0.570. The van der Waals surface area contributed by atoms with Gasteiger partial charge in [0.15, 0.2) is 0 Å². The van der Waals surface area contributed by atoms with Crippen molar-refractivity contribution in [2.75, 3.05) is 13.1 Å². The third kappa shape index (κ3) is 2.76. The number of hydrogen-bond donors (Lipinski definition) is 3. The number of carbonyl (C=O) groups is 1. The molecule has 0 spiro atoms. The van der Waals surface area contributed by atoms with Crippen LogP contribution in [-0.4, -0.2) is 30.3 Å². The number of piperidine rings is 1. The minimum Gasteiger partial charge on any atom is -0.465 e. The lowest BCUT2D eigenvalue weighted by atomic mass is 9.98. The van der Waals surface area contributed by atoms with Crippen molar-refractivity contribution in [3.05, 3.63) is 0 Å². The van der Waals surface area contributed by atoms with Crippen LogP contribution >= 0.6 is 0 Å². The van der Waals surface area contributed by atoms with Gasteiger partial charge in [0.1, 0.15) is 0 Å². The normalized spacial score (nSPS) is 31.4. The maximum Gasteiger partial charge on any atom is 0.404 e. The highest BCUT2D eigenvalue weighted by atomic mass is 16.4. The Morgan fingerprint density at radius 2 is 2.36 bits per heavy atom. The van der Waals surface area contributed by atoms with Gasteiger partial charge in [-0.05, 0) is 18.9 Å². The van der Waals surface area contributed by atoms with Crippen LogP contribution in [0.4, 0.5) is 4.79 Å². The first-order valence-corrected chi connectivity index (χ1v) is 3.88. The summed E-state index contributed by atoms with van der Waals surface area (Å²) in [6, 6.07) is 0.0937. The molecule has 2 atom stereocenters. The maximum absolute atomic E-state index is 10.2. The average Bonchev–Trinajstić information content (AvgIpc) is 1.85. The van der Waals surface area contributed by atoms with Gasteiger partial charge in [-0.1, -0.05) is 6.92 Å². The fraction of sp³-hybridized carbons (Fsp3) is 0.857. The second-order valence-electron chi connectivity index (χ2n) is 3.15. The smallest absolute Gasteiger partial charge is 0.404 e. The van der Waals surface area contributed by atoms with E-state index >= 15 is 0 Å². The molecule has 64 valence electrons. The quantitative estimate of drug-likeness (QED) is 0.512. The lowest BCUT2D eigenvalue weighted by Gasteiger charge is -2.27. The van der Waals surface area contributed by atoms with Crippen LogP contribution < -0.4 is 10.6 Å². The van der Waals surface area contributed by atoms with Crippen molar-refractivity contribution in [1.82, 2.24) is 10.6 Å². The molecule has 1 fully saturated rings. The first-order chi connectivity index (χ1) is 5.18. The van der Waals surface area contributed by atoms with Gasteiger partial charge in [-0.25, -0.2) is 4.79 Å². The molecule has 1 amide bonds. The second-order valence-corrected chi connectivity index (χ2v) is 3.15. The Kier molecular flexibility index (Phi) is 2.70. The molecule has 0 aromatic carbocycles. The minimum absolute atomic E-state index is 0.0937. The highest BCUT2D eigenvalue weighted by molar-refractivity contribution is 5.64. The minimum atomic E-state index is -0.925. The fourth-order valence-corrected chi connectivity index (χ4v) is 1.44. The zero-order valence-corrected chi connectivity index (χ0v) is 6.63. The van der Waals surface area contributed by atoms with Crippen LogP contribution in [0.25, 0.3) is 0 Å². The Labute approximate surface area is 66.0 Å². The molecule has 1 heterocycles. The van der Waals surface area contributed by atoms with Crippen LogP contribution in [0.1, 0.15) is 13.3 Å². The van der Waals surface area contributed by atoms with E-state index in [0.29, 0.717) is 5.92 Å². The number of rotatable bonds is 1. The fourth-order valence-electron chi connectivity index (χ4n) is 1.44. The van der Waals surface area contributed by atoms with Crippen molar-refractivity contribution in [3.63, 3.8) is 0 Å². The first kappa shape index (κ1) is 8.33. The lowest BCUT2D eigenvalue weighted by Crippen LogP contribution is -2.47. The number of amides is 1. The molecule has 1 aliphatic heterocycles. The standard InChI is InChI=1S/C7H14N2O2/c1-5-2-6(4-8-3-5)9-7(10)11/h5-6,8-9H,2-4H2,1H3,(H,10,11)/t5-,6+/m1/s1. The Morgan fingerprint density at radius 3 is 2.91 bits per heavy atom. The van der Waals surface area contributed by atoms with Crippen LogP contribution in [0.3, 0.4) is 0 Å². The molecule has 0 radical (unpaired) electrons. The van der Waals surface area contributed by atoms with Gasteiger partial charge in [-0.3, -0.25) is 0 Å². The van der Waals surface area contributed by atoms with Crippen LogP contribution in [0.5, 0.6) is 0 Å². The summed E-state index contributed by atoms with van der Waals surface area (Å²) in [5.41, 5.74) is 0. The van der Waals surface area contributed by atoms with Gasteiger partial charge in [0, 0.05) is 12.6 Å². The third-order valence-corrected chi connectivity index (χ3v) is 1.90. The van der Waals surface area contributed by atoms with Crippen molar-refractivity contribution in [2.45, 2.75) is 19.4 Å². The van der Waals surface area contributed by atoms with Gasteiger partial charge in [0.25, 0.3) is 0 Å². The van der Waals surface area contributed by atoms with Gasteiger partial charge >= 0.3 is 6.09 Å². The van der Waals surface area contributed by atoms with Gasteiger partial charge < -0.3 is 15.7 Å². The molecule has 0 aromatic heterocycles. The predicted molar refractivity (Wildman–Crippen MR) is 41.6 cm³/mol. The molecular formula is C7H14N2O2. The second kappa shape index (κ2) is 3.57. The van der Waals surface area contributed by atoms with Crippen molar-refractivity contribution < 1.29 is 9.90 Å². The van der Waals surface area contributed by atoms with E-state index in [1.807, 2.05) is 0 Å². The topological polar surface area (TPSA) is 61.4 Å². The van der Waals surface area contributed by atoms with E-state index < -0.39 is 6.09 Å². The van der Waals surface area contributed by atoms with Gasteiger partial charge in [0.2, 0.25) is 0 Å².